The van der Waals surface area contributed by atoms with E-state index in [1.54, 1.807) is 4.90 Å². The highest BCUT2D eigenvalue weighted by molar-refractivity contribution is 5.89. The zero-order chi connectivity index (χ0) is 18.0. The molecule has 0 radical (unpaired) electrons. The zero-order valence-electron chi connectivity index (χ0n) is 13.7. The summed E-state index contributed by atoms with van der Waals surface area (Å²) in [7, 11) is 0. The van der Waals surface area contributed by atoms with Gasteiger partial charge in [0.25, 0.3) is 0 Å². The second-order valence-corrected chi connectivity index (χ2v) is 5.71. The molecular formula is C16H18F3N5O. The molecule has 0 atom stereocenters. The first-order valence-corrected chi connectivity index (χ1v) is 8.01. The first-order valence-electron chi connectivity index (χ1n) is 8.01. The highest BCUT2D eigenvalue weighted by Gasteiger charge is 2.32. The number of aromatic nitrogens is 2. The topological polar surface area (TPSA) is 61.4 Å². The molecule has 0 saturated carbocycles. The summed E-state index contributed by atoms with van der Waals surface area (Å²) in [5.41, 5.74) is -0.663. The van der Waals surface area contributed by atoms with Crippen LogP contribution in [0, 0.1) is 0 Å². The van der Waals surface area contributed by atoms with Crippen LogP contribution in [-0.4, -0.2) is 53.6 Å². The normalized spacial score (nSPS) is 15.5. The lowest BCUT2D eigenvalue weighted by Crippen LogP contribution is -2.52. The lowest BCUT2D eigenvalue weighted by atomic mass is 10.2. The molecule has 1 aliphatic rings. The van der Waals surface area contributed by atoms with Crippen molar-refractivity contribution in [1.29, 1.82) is 0 Å². The zero-order valence-corrected chi connectivity index (χ0v) is 13.7. The van der Waals surface area contributed by atoms with Crippen LogP contribution in [0.25, 0.3) is 10.9 Å². The third-order valence-corrected chi connectivity index (χ3v) is 4.08. The van der Waals surface area contributed by atoms with E-state index in [0.717, 1.165) is 6.07 Å². The van der Waals surface area contributed by atoms with Crippen molar-refractivity contribution in [3.63, 3.8) is 0 Å². The van der Waals surface area contributed by atoms with E-state index >= 15 is 0 Å². The quantitative estimate of drug-likeness (QED) is 0.901. The van der Waals surface area contributed by atoms with Crippen LogP contribution in [-0.2, 0) is 6.18 Å². The molecule has 1 fully saturated rings. The summed E-state index contributed by atoms with van der Waals surface area (Å²) in [4.78, 5) is 23.5. The molecule has 2 aromatic rings. The highest BCUT2D eigenvalue weighted by Crippen LogP contribution is 2.31. The molecule has 9 heteroatoms. The van der Waals surface area contributed by atoms with Crippen molar-refractivity contribution in [2.75, 3.05) is 37.6 Å². The molecule has 1 N–H and O–H groups in total. The Hall–Kier alpha value is -2.58. The van der Waals surface area contributed by atoms with Crippen molar-refractivity contribution in [3.8, 4) is 0 Å². The van der Waals surface area contributed by atoms with Crippen molar-refractivity contribution < 1.29 is 18.0 Å². The molecule has 0 aliphatic carbocycles. The van der Waals surface area contributed by atoms with Crippen molar-refractivity contribution in [2.45, 2.75) is 13.1 Å². The number of hydrogen-bond donors (Lipinski definition) is 1. The van der Waals surface area contributed by atoms with E-state index in [1.807, 2.05) is 11.8 Å². The number of carbonyl (C=O) groups excluding carboxylic acids is 1. The molecule has 134 valence electrons. The number of nitrogens with zero attached hydrogens (tertiary/aromatic N) is 4. The second-order valence-electron chi connectivity index (χ2n) is 5.71. The van der Waals surface area contributed by atoms with Crippen LogP contribution in [0.2, 0.25) is 0 Å². The number of piperazine rings is 1. The maximum Gasteiger partial charge on any atom is 0.433 e. The number of amides is 2. The van der Waals surface area contributed by atoms with Gasteiger partial charge in [0.05, 0.1) is 5.52 Å². The second kappa shape index (κ2) is 6.73. The monoisotopic (exact) mass is 353 g/mol. The molecular weight excluding hydrogens is 335 g/mol. The van der Waals surface area contributed by atoms with Gasteiger partial charge in [-0.25, -0.2) is 14.8 Å². The molecule has 3 heterocycles. The van der Waals surface area contributed by atoms with Gasteiger partial charge in [-0.15, -0.1) is 0 Å². The fourth-order valence-corrected chi connectivity index (χ4v) is 2.83. The number of rotatable bonds is 2. The van der Waals surface area contributed by atoms with Gasteiger partial charge in [-0.05, 0) is 25.1 Å². The number of fused-ring (bicyclic) bond motifs is 1. The van der Waals surface area contributed by atoms with Gasteiger partial charge in [0.1, 0.15) is 11.5 Å². The summed E-state index contributed by atoms with van der Waals surface area (Å²) in [5, 5.41) is 3.33. The number of hydrogen-bond acceptors (Lipinski definition) is 4. The van der Waals surface area contributed by atoms with E-state index in [1.165, 1.54) is 18.3 Å². The average molecular weight is 353 g/mol. The van der Waals surface area contributed by atoms with Crippen LogP contribution >= 0.6 is 0 Å². The molecule has 3 rings (SSSR count). The lowest BCUT2D eigenvalue weighted by molar-refractivity contribution is -0.140. The molecule has 2 aromatic heterocycles. The number of carbonyl (C=O) groups is 1. The number of halogens is 3. The van der Waals surface area contributed by atoms with Gasteiger partial charge in [0, 0.05) is 44.3 Å². The van der Waals surface area contributed by atoms with Gasteiger partial charge in [0.15, 0.2) is 0 Å². The van der Waals surface area contributed by atoms with Crippen LogP contribution < -0.4 is 10.2 Å². The van der Waals surface area contributed by atoms with E-state index in [4.69, 9.17) is 0 Å². The highest BCUT2D eigenvalue weighted by atomic mass is 19.4. The average Bonchev–Trinajstić information content (AvgIpc) is 2.60. The predicted octanol–water partition coefficient (Wildman–Crippen LogP) is 2.50. The van der Waals surface area contributed by atoms with Gasteiger partial charge in [-0.2, -0.15) is 13.2 Å². The van der Waals surface area contributed by atoms with E-state index < -0.39 is 11.9 Å². The Balaban J connectivity index is 1.82. The van der Waals surface area contributed by atoms with Crippen LogP contribution in [0.4, 0.5) is 23.8 Å². The number of nitrogens with one attached hydrogen (secondary N) is 1. The maximum atomic E-state index is 12.8. The van der Waals surface area contributed by atoms with Gasteiger partial charge in [0.2, 0.25) is 0 Å². The Morgan fingerprint density at radius 2 is 1.92 bits per heavy atom. The summed E-state index contributed by atoms with van der Waals surface area (Å²) in [6, 6.07) is 3.74. The molecule has 0 aromatic carbocycles. The van der Waals surface area contributed by atoms with Gasteiger partial charge in [-0.3, -0.25) is 0 Å². The van der Waals surface area contributed by atoms with Crippen LogP contribution in [0.5, 0.6) is 0 Å². The fraction of sp³-hybridized carbons (Fsp3) is 0.438. The molecule has 1 aliphatic heterocycles. The number of pyridine rings is 2. The van der Waals surface area contributed by atoms with Crippen molar-refractivity contribution in [3.05, 3.63) is 30.1 Å². The SMILES string of the molecule is CCNC(=O)N1CCN(c2nccc3nc(C(F)(F)F)ccc23)CC1. The van der Waals surface area contributed by atoms with E-state index in [0.29, 0.717) is 43.9 Å². The smallest absolute Gasteiger partial charge is 0.353 e. The first-order chi connectivity index (χ1) is 11.9. The molecule has 2 amide bonds. The predicted molar refractivity (Wildman–Crippen MR) is 87.4 cm³/mol. The molecule has 1 saturated heterocycles. The van der Waals surface area contributed by atoms with E-state index in [-0.39, 0.29) is 11.5 Å². The number of urea groups is 1. The van der Waals surface area contributed by atoms with Crippen molar-refractivity contribution in [1.82, 2.24) is 20.2 Å². The number of anilines is 1. The number of alkyl halides is 3. The minimum atomic E-state index is -4.48. The Morgan fingerprint density at radius 3 is 2.56 bits per heavy atom. The standard InChI is InChI=1S/C16H18F3N5O/c1-2-20-15(25)24-9-7-23(8-10-24)14-11-3-4-13(16(17,18)19)22-12(11)5-6-21-14/h3-6H,2,7-10H2,1H3,(H,20,25). The van der Waals surface area contributed by atoms with Crippen molar-refractivity contribution >= 4 is 22.8 Å². The first kappa shape index (κ1) is 17.2. The minimum Gasteiger partial charge on any atom is -0.353 e. The summed E-state index contributed by atoms with van der Waals surface area (Å²) < 4.78 is 38.5. The molecule has 0 unspecified atom stereocenters. The third-order valence-electron chi connectivity index (χ3n) is 4.08. The Morgan fingerprint density at radius 1 is 1.20 bits per heavy atom. The van der Waals surface area contributed by atoms with Gasteiger partial charge < -0.3 is 15.1 Å². The maximum absolute atomic E-state index is 12.8. The molecule has 0 spiro atoms. The molecule has 0 bridgehead atoms. The molecule has 25 heavy (non-hydrogen) atoms. The molecule has 6 nitrogen and oxygen atoms in total. The fourth-order valence-electron chi connectivity index (χ4n) is 2.83. The Bertz CT molecular complexity index is 772. The van der Waals surface area contributed by atoms with Crippen molar-refractivity contribution in [2.24, 2.45) is 0 Å². The van der Waals surface area contributed by atoms with Crippen LogP contribution in [0.1, 0.15) is 12.6 Å². The summed E-state index contributed by atoms with van der Waals surface area (Å²) in [6.45, 7) is 4.60. The Kier molecular flexibility index (Phi) is 4.65. The Labute approximate surface area is 142 Å². The van der Waals surface area contributed by atoms with E-state index in [9.17, 15) is 18.0 Å². The largest absolute Gasteiger partial charge is 0.433 e. The summed E-state index contributed by atoms with van der Waals surface area (Å²) in [5.74, 6) is 0.592. The van der Waals surface area contributed by atoms with E-state index in [2.05, 4.69) is 15.3 Å². The van der Waals surface area contributed by atoms with Gasteiger partial charge >= 0.3 is 12.2 Å². The van der Waals surface area contributed by atoms with Crippen LogP contribution in [0.3, 0.4) is 0 Å². The third kappa shape index (κ3) is 3.59. The minimum absolute atomic E-state index is 0.107. The van der Waals surface area contributed by atoms with Crippen LogP contribution in [0.15, 0.2) is 24.4 Å². The van der Waals surface area contributed by atoms with Gasteiger partial charge in [-0.1, -0.05) is 0 Å². The summed E-state index contributed by atoms with van der Waals surface area (Å²) in [6.07, 6.45) is -3.02. The lowest BCUT2D eigenvalue weighted by Gasteiger charge is -2.35. The summed E-state index contributed by atoms with van der Waals surface area (Å²) >= 11 is 0.